The minimum absolute atomic E-state index is 0.851. The fourth-order valence-electron chi connectivity index (χ4n) is 5.02. The van der Waals surface area contributed by atoms with Gasteiger partial charge in [-0.25, -0.2) is 4.98 Å². The normalized spacial score (nSPS) is 11.3. The van der Waals surface area contributed by atoms with Crippen molar-refractivity contribution in [1.29, 1.82) is 0 Å². The average molecular weight is 518 g/mol. The lowest BCUT2D eigenvalue weighted by Gasteiger charge is -2.09. The molecular formula is C36H29N4+. The molecule has 1 aromatic heterocycles. The molecule has 0 amide bonds. The number of aryl methyl sites for hydroxylation is 2. The zero-order valence-corrected chi connectivity index (χ0v) is 22.7. The van der Waals surface area contributed by atoms with Gasteiger partial charge in [0.2, 0.25) is 16.7 Å². The highest BCUT2D eigenvalue weighted by atomic mass is 15.0. The first-order chi connectivity index (χ1) is 19.5. The summed E-state index contributed by atoms with van der Waals surface area (Å²) in [5, 5.41) is 0. The molecule has 40 heavy (non-hydrogen) atoms. The number of fused-ring (bicyclic) bond motifs is 2. The molecule has 0 fully saturated rings. The van der Waals surface area contributed by atoms with Gasteiger partial charge in [0.15, 0.2) is 0 Å². The SMILES string of the molecule is C=Cc1ccc(-c2ccc(C=Nc3cc4c(cc3C)nc3cc(C)c(N=C)cc3[n+]4-c3ccccc3)cc2)cc1. The van der Waals surface area contributed by atoms with Crippen molar-refractivity contribution < 1.29 is 4.57 Å². The van der Waals surface area contributed by atoms with E-state index in [1.54, 1.807) is 0 Å². The van der Waals surface area contributed by atoms with E-state index in [4.69, 9.17) is 9.98 Å². The third-order valence-corrected chi connectivity index (χ3v) is 7.24. The topological polar surface area (TPSA) is 41.5 Å². The molecule has 4 heteroatoms. The Morgan fingerprint density at radius 2 is 1.23 bits per heavy atom. The molecule has 6 rings (SSSR count). The molecule has 0 saturated carbocycles. The molecule has 192 valence electrons. The maximum absolute atomic E-state index is 5.03. The Bertz CT molecular complexity index is 1920. The fourth-order valence-corrected chi connectivity index (χ4v) is 5.02. The molecule has 0 bridgehead atoms. The first-order valence-electron chi connectivity index (χ1n) is 13.2. The minimum Gasteiger partial charge on any atom is -0.264 e. The molecule has 0 aliphatic heterocycles. The van der Waals surface area contributed by atoms with Crippen LogP contribution in [0.25, 0.3) is 45.0 Å². The summed E-state index contributed by atoms with van der Waals surface area (Å²) in [4.78, 5) is 14.2. The second-order valence-electron chi connectivity index (χ2n) is 9.90. The Balaban J connectivity index is 1.43. The Labute approximate surface area is 234 Å². The molecule has 0 saturated heterocycles. The summed E-state index contributed by atoms with van der Waals surface area (Å²) in [6.45, 7) is 11.7. The molecule has 0 atom stereocenters. The monoisotopic (exact) mass is 517 g/mol. The van der Waals surface area contributed by atoms with E-state index < -0.39 is 0 Å². The number of para-hydroxylation sites is 1. The first-order valence-corrected chi connectivity index (χ1v) is 13.2. The number of aliphatic imine (C=N–C) groups is 2. The van der Waals surface area contributed by atoms with E-state index in [0.717, 1.165) is 61.4 Å². The standard InChI is InChI=1S/C36H29N4/c1-5-26-11-15-28(16-12-26)29-17-13-27(14-18-29)23-38-32-22-36-34(20-25(32)3)39-33-19-24(2)31(37-4)21-35(33)40(36)30-9-7-6-8-10-30/h5-23H,1,4H2,2-3H3/q+1. The largest absolute Gasteiger partial charge is 0.264 e. The number of hydrogen-bond donors (Lipinski definition) is 0. The lowest BCUT2D eigenvalue weighted by Crippen LogP contribution is -2.33. The van der Waals surface area contributed by atoms with Crippen LogP contribution in [0.4, 0.5) is 11.4 Å². The van der Waals surface area contributed by atoms with Crippen LogP contribution in [0.1, 0.15) is 22.3 Å². The summed E-state index contributed by atoms with van der Waals surface area (Å²) >= 11 is 0. The quantitative estimate of drug-likeness (QED) is 0.124. The zero-order valence-electron chi connectivity index (χ0n) is 22.7. The van der Waals surface area contributed by atoms with Crippen LogP contribution in [-0.4, -0.2) is 17.9 Å². The molecule has 6 aromatic rings. The number of benzene rings is 5. The molecular weight excluding hydrogens is 488 g/mol. The van der Waals surface area contributed by atoms with Crippen LogP contribution in [0.2, 0.25) is 0 Å². The van der Waals surface area contributed by atoms with E-state index in [2.05, 4.69) is 115 Å². The molecule has 5 aromatic carbocycles. The first kappa shape index (κ1) is 25.1. The van der Waals surface area contributed by atoms with Crippen molar-refractivity contribution in [2.75, 3.05) is 0 Å². The van der Waals surface area contributed by atoms with Crippen LogP contribution in [-0.2, 0) is 0 Å². The Morgan fingerprint density at radius 1 is 0.675 bits per heavy atom. The predicted molar refractivity (Wildman–Crippen MR) is 169 cm³/mol. The van der Waals surface area contributed by atoms with Gasteiger partial charge >= 0.3 is 0 Å². The summed E-state index contributed by atoms with van der Waals surface area (Å²) < 4.78 is 2.23. The van der Waals surface area contributed by atoms with Crippen LogP contribution >= 0.6 is 0 Å². The van der Waals surface area contributed by atoms with Crippen molar-refractivity contribution in [3.05, 3.63) is 132 Å². The van der Waals surface area contributed by atoms with Gasteiger partial charge in [-0.2, -0.15) is 0 Å². The minimum atomic E-state index is 0.851. The smallest absolute Gasteiger partial charge is 0.239 e. The Morgan fingerprint density at radius 3 is 1.80 bits per heavy atom. The highest BCUT2D eigenvalue weighted by molar-refractivity contribution is 5.89. The molecule has 0 radical (unpaired) electrons. The van der Waals surface area contributed by atoms with E-state index >= 15 is 0 Å². The van der Waals surface area contributed by atoms with E-state index in [0.29, 0.717) is 0 Å². The molecule has 0 spiro atoms. The Kier molecular flexibility index (Phi) is 6.59. The van der Waals surface area contributed by atoms with Crippen molar-refractivity contribution in [3.63, 3.8) is 0 Å². The predicted octanol–water partition coefficient (Wildman–Crippen LogP) is 8.67. The molecule has 0 N–H and O–H groups in total. The van der Waals surface area contributed by atoms with Gasteiger partial charge in [-0.15, -0.1) is 4.57 Å². The summed E-state index contributed by atoms with van der Waals surface area (Å²) in [5.41, 5.74) is 13.2. The van der Waals surface area contributed by atoms with Crippen LogP contribution in [0, 0.1) is 13.8 Å². The van der Waals surface area contributed by atoms with Crippen molar-refractivity contribution in [3.8, 4) is 16.8 Å². The van der Waals surface area contributed by atoms with Crippen molar-refractivity contribution in [1.82, 2.24) is 4.98 Å². The number of rotatable bonds is 6. The maximum atomic E-state index is 5.03. The lowest BCUT2D eigenvalue weighted by atomic mass is 10.0. The van der Waals surface area contributed by atoms with E-state index in [1.165, 1.54) is 11.1 Å². The Hall–Kier alpha value is -5.22. The maximum Gasteiger partial charge on any atom is 0.239 e. The van der Waals surface area contributed by atoms with Gasteiger partial charge in [0.1, 0.15) is 11.0 Å². The molecule has 1 heterocycles. The highest BCUT2D eigenvalue weighted by Crippen LogP contribution is 2.29. The van der Waals surface area contributed by atoms with E-state index in [-0.39, 0.29) is 0 Å². The van der Waals surface area contributed by atoms with Crippen LogP contribution in [0.3, 0.4) is 0 Å². The summed E-state index contributed by atoms with van der Waals surface area (Å²) in [6.07, 6.45) is 3.78. The second kappa shape index (κ2) is 10.5. The number of nitrogens with zero attached hydrogens (tertiary/aromatic N) is 4. The van der Waals surface area contributed by atoms with Crippen LogP contribution < -0.4 is 4.57 Å². The van der Waals surface area contributed by atoms with Crippen LogP contribution in [0.5, 0.6) is 0 Å². The lowest BCUT2D eigenvalue weighted by molar-refractivity contribution is -0.538. The van der Waals surface area contributed by atoms with Gasteiger partial charge in [-0.05, 0) is 66.1 Å². The molecule has 0 unspecified atom stereocenters. The molecule has 4 nitrogen and oxygen atoms in total. The summed E-state index contributed by atoms with van der Waals surface area (Å²) in [6, 6.07) is 35.6. The van der Waals surface area contributed by atoms with Gasteiger partial charge in [0.25, 0.3) is 0 Å². The highest BCUT2D eigenvalue weighted by Gasteiger charge is 2.22. The molecule has 0 aliphatic carbocycles. The van der Waals surface area contributed by atoms with Gasteiger partial charge in [-0.3, -0.25) is 9.98 Å². The second-order valence-corrected chi connectivity index (χ2v) is 9.90. The molecule has 0 aliphatic rings. The van der Waals surface area contributed by atoms with Crippen molar-refractivity contribution in [2.24, 2.45) is 9.98 Å². The fraction of sp³-hybridized carbons (Fsp3) is 0.0556. The van der Waals surface area contributed by atoms with E-state index in [9.17, 15) is 0 Å². The van der Waals surface area contributed by atoms with Crippen LogP contribution in [0.15, 0.2) is 120 Å². The van der Waals surface area contributed by atoms with Gasteiger partial charge in [0, 0.05) is 30.5 Å². The van der Waals surface area contributed by atoms with Gasteiger partial charge < -0.3 is 0 Å². The van der Waals surface area contributed by atoms with Crippen molar-refractivity contribution in [2.45, 2.75) is 13.8 Å². The van der Waals surface area contributed by atoms with Gasteiger partial charge in [0.05, 0.1) is 11.4 Å². The average Bonchev–Trinajstić information content (AvgIpc) is 2.99. The zero-order chi connectivity index (χ0) is 27.6. The number of hydrogen-bond acceptors (Lipinski definition) is 3. The van der Waals surface area contributed by atoms with Gasteiger partial charge in [-0.1, -0.05) is 79.4 Å². The number of aromatic nitrogens is 2. The third kappa shape index (κ3) is 4.72. The van der Waals surface area contributed by atoms with Crippen molar-refractivity contribution >= 4 is 52.4 Å². The van der Waals surface area contributed by atoms with E-state index in [1.807, 2.05) is 37.4 Å². The summed E-state index contributed by atoms with van der Waals surface area (Å²) in [7, 11) is 0. The summed E-state index contributed by atoms with van der Waals surface area (Å²) in [5.74, 6) is 0. The third-order valence-electron chi connectivity index (χ3n) is 7.24.